The molecule has 0 fully saturated rings. The van der Waals surface area contributed by atoms with Crippen molar-refractivity contribution in [3.63, 3.8) is 0 Å². The molecule has 8 nitrogen and oxygen atoms in total. The van der Waals surface area contributed by atoms with E-state index in [1.165, 1.54) is 37.3 Å². The van der Waals surface area contributed by atoms with Gasteiger partial charge in [0.25, 0.3) is 0 Å². The molecule has 51 heavy (non-hydrogen) atoms. The molecule has 3 aromatic carbocycles. The number of aliphatic hydroxyl groups excluding tert-OH is 1. The van der Waals surface area contributed by atoms with E-state index in [-0.39, 0.29) is 63.2 Å². The number of halogens is 3. The van der Waals surface area contributed by atoms with Crippen molar-refractivity contribution in [1.82, 2.24) is 0 Å². The second-order valence-electron chi connectivity index (χ2n) is 11.5. The maximum Gasteiger partial charge on any atom is 1.00 e. The van der Waals surface area contributed by atoms with Crippen molar-refractivity contribution in [2.75, 3.05) is 6.61 Å². The Labute approximate surface area is 319 Å². The Bertz CT molecular complexity index is 1950. The molecule has 13 heteroatoms. The fourth-order valence-electron chi connectivity index (χ4n) is 5.17. The second kappa shape index (κ2) is 19.1. The summed E-state index contributed by atoms with van der Waals surface area (Å²) in [6.45, 7) is 3.68. The van der Waals surface area contributed by atoms with Gasteiger partial charge in [-0.15, -0.1) is 11.8 Å². The summed E-state index contributed by atoms with van der Waals surface area (Å²) in [6, 6.07) is 13.0. The topological polar surface area (TPSA) is 137 Å². The van der Waals surface area contributed by atoms with Crippen LogP contribution in [0.15, 0.2) is 99.1 Å². The van der Waals surface area contributed by atoms with Crippen LogP contribution in [0.2, 0.25) is 0 Å². The molecule has 0 bridgehead atoms. The summed E-state index contributed by atoms with van der Waals surface area (Å²) in [4.78, 5) is 36.0. The molecule has 0 aliphatic rings. The minimum Gasteiger partial charge on any atom is -0.872 e. The predicted octanol–water partition coefficient (Wildman–Crippen LogP) is 5.30. The number of carboxylic acids is 1. The number of carboxylic acid groups (broad SMARTS) is 1. The molecule has 264 valence electrons. The Balaban J connectivity index is 0.00000702. The quantitative estimate of drug-likeness (QED) is 0.0517. The molecule has 1 aromatic heterocycles. The number of rotatable bonds is 16. The number of carbonyl (C=O) groups is 2. The van der Waals surface area contributed by atoms with E-state index in [4.69, 9.17) is 9.15 Å². The molecule has 0 saturated carbocycles. The molecule has 1 heterocycles. The van der Waals surface area contributed by atoms with Crippen LogP contribution in [-0.2, 0) is 12.6 Å². The molecular formula is C38H36F3NaO8S. The minimum atomic E-state index is -4.60. The fourth-order valence-corrected chi connectivity index (χ4v) is 6.26. The molecule has 0 aliphatic carbocycles. The largest absolute Gasteiger partial charge is 1.00 e. The summed E-state index contributed by atoms with van der Waals surface area (Å²) in [5.41, 5.74) is -0.720. The Hall–Kier alpha value is -3.81. The summed E-state index contributed by atoms with van der Waals surface area (Å²) >= 11 is 1.10. The minimum absolute atomic E-state index is 0. The van der Waals surface area contributed by atoms with Gasteiger partial charge in [0.15, 0.2) is 11.2 Å². The first kappa shape index (κ1) is 41.6. The third kappa shape index (κ3) is 11.3. The zero-order chi connectivity index (χ0) is 36.4. The molecule has 4 aromatic rings. The van der Waals surface area contributed by atoms with Crippen molar-refractivity contribution >= 4 is 34.5 Å². The summed E-state index contributed by atoms with van der Waals surface area (Å²) in [5.74, 6) is -2.04. The van der Waals surface area contributed by atoms with E-state index in [0.29, 0.717) is 42.1 Å². The second-order valence-corrected chi connectivity index (χ2v) is 12.7. The summed E-state index contributed by atoms with van der Waals surface area (Å²) in [6.07, 6.45) is 4.38. The number of ketones is 1. The first-order valence-corrected chi connectivity index (χ1v) is 16.8. The van der Waals surface area contributed by atoms with E-state index in [0.717, 1.165) is 42.8 Å². The molecule has 0 spiro atoms. The number of aliphatic hydroxyl groups is 1. The average molecular weight is 733 g/mol. The fraction of sp³-hybridized carbons (Fsp3) is 0.289. The van der Waals surface area contributed by atoms with Gasteiger partial charge < -0.3 is 24.5 Å². The number of alkyl halides is 3. The zero-order valence-electron chi connectivity index (χ0n) is 28.4. The first-order chi connectivity index (χ1) is 23.8. The normalized spacial score (nSPS) is 13.0. The smallest absolute Gasteiger partial charge is 0.872 e. The number of hydrogen-bond donors (Lipinski definition) is 2. The van der Waals surface area contributed by atoms with Crippen LogP contribution >= 0.6 is 11.8 Å². The van der Waals surface area contributed by atoms with E-state index in [1.54, 1.807) is 30.4 Å². The molecule has 0 radical (unpaired) electrons. The number of hydrogen-bond acceptors (Lipinski definition) is 8. The standard InChI is InChI=1S/C38H37F3O8S.Na/c1-3-11-29-31(18-17-27(23(2)42)36(29)45)48-19-9-7-5-4-6-8-14-34(35(44)24-12-10-13-25(20-24)38(39,40)41)50-26-15-16-28-30(43)22-33(37(46)47)49-32(28)21-26;/h4,6,8,10,12-18,20-22,34-35,44-45H,3,5,7,9,11,19H2,1-2H3,(H,46,47);/q;+1/p-1/b6-4+,14-8+;/t34?,35-;/m1./s1. The van der Waals surface area contributed by atoms with Gasteiger partial charge in [-0.2, -0.15) is 13.2 Å². The molecule has 1 unspecified atom stereocenters. The van der Waals surface area contributed by atoms with Gasteiger partial charge in [-0.05, 0) is 86.2 Å². The van der Waals surface area contributed by atoms with E-state index in [2.05, 4.69) is 0 Å². The number of benzene rings is 3. The van der Waals surface area contributed by atoms with Crippen LogP contribution in [0.4, 0.5) is 13.2 Å². The van der Waals surface area contributed by atoms with Crippen molar-refractivity contribution in [2.24, 2.45) is 0 Å². The van der Waals surface area contributed by atoms with Crippen molar-refractivity contribution in [2.45, 2.75) is 68.4 Å². The van der Waals surface area contributed by atoms with Gasteiger partial charge in [0, 0.05) is 16.5 Å². The molecular weight excluding hydrogens is 696 g/mol. The predicted molar refractivity (Wildman–Crippen MR) is 183 cm³/mol. The van der Waals surface area contributed by atoms with Gasteiger partial charge in [-0.25, -0.2) is 4.79 Å². The molecule has 4 rings (SSSR count). The Morgan fingerprint density at radius 3 is 2.51 bits per heavy atom. The average Bonchev–Trinajstić information content (AvgIpc) is 3.07. The summed E-state index contributed by atoms with van der Waals surface area (Å²) in [7, 11) is 0. The molecule has 0 aliphatic heterocycles. The Morgan fingerprint density at radius 2 is 1.82 bits per heavy atom. The number of unbranched alkanes of at least 4 members (excludes halogenated alkanes) is 2. The number of Topliss-reactive ketones (excluding diaryl/α,β-unsaturated/α-hetero) is 1. The van der Waals surface area contributed by atoms with Crippen LogP contribution in [0.3, 0.4) is 0 Å². The van der Waals surface area contributed by atoms with E-state index < -0.39 is 40.3 Å². The van der Waals surface area contributed by atoms with Crippen molar-refractivity contribution < 1.29 is 76.8 Å². The van der Waals surface area contributed by atoms with E-state index >= 15 is 0 Å². The van der Waals surface area contributed by atoms with Crippen molar-refractivity contribution in [1.29, 1.82) is 0 Å². The van der Waals surface area contributed by atoms with Gasteiger partial charge in [0.2, 0.25) is 5.76 Å². The van der Waals surface area contributed by atoms with E-state index in [1.807, 2.05) is 13.0 Å². The van der Waals surface area contributed by atoms with E-state index in [9.17, 15) is 42.9 Å². The monoisotopic (exact) mass is 732 g/mol. The van der Waals surface area contributed by atoms with Gasteiger partial charge in [0.05, 0.1) is 28.9 Å². The van der Waals surface area contributed by atoms with Crippen LogP contribution < -0.4 is 44.8 Å². The van der Waals surface area contributed by atoms with Crippen LogP contribution in [0.5, 0.6) is 11.5 Å². The van der Waals surface area contributed by atoms with Crippen LogP contribution in [-0.4, -0.2) is 33.8 Å². The first-order valence-electron chi connectivity index (χ1n) is 15.9. The van der Waals surface area contributed by atoms with Crippen LogP contribution in [0.25, 0.3) is 11.0 Å². The third-order valence-corrected chi connectivity index (χ3v) is 8.93. The van der Waals surface area contributed by atoms with Gasteiger partial charge in [0.1, 0.15) is 11.3 Å². The number of carbonyl (C=O) groups excluding carboxylic acids is 1. The SMILES string of the molecule is CCCc1c(OCCCC/C=C/C=C/C(Sc2ccc3c(=O)cc(C(=O)O)oc3c2)[C@H](O)c2cccc(C(F)(F)F)c2)ccc(C(C)=O)c1[O-].[Na+]. The molecule has 2 N–H and O–H groups in total. The number of ether oxygens (including phenoxy) is 1. The molecule has 0 amide bonds. The Morgan fingerprint density at radius 1 is 1.06 bits per heavy atom. The third-order valence-electron chi connectivity index (χ3n) is 7.72. The van der Waals surface area contributed by atoms with Gasteiger partial charge >= 0.3 is 41.7 Å². The van der Waals surface area contributed by atoms with Crippen LogP contribution in [0.1, 0.15) is 83.2 Å². The van der Waals surface area contributed by atoms with Gasteiger partial charge in [-0.3, -0.25) is 9.59 Å². The number of allylic oxidation sites excluding steroid dienone is 3. The Kier molecular flexibility index (Phi) is 15.6. The van der Waals surface area contributed by atoms with Gasteiger partial charge in [-0.1, -0.05) is 55.5 Å². The van der Waals surface area contributed by atoms with Crippen LogP contribution in [0, 0.1) is 0 Å². The number of thioether (sulfide) groups is 1. The maximum atomic E-state index is 13.4. The molecule has 0 saturated heterocycles. The van der Waals surface area contributed by atoms with Crippen molar-refractivity contribution in [3.05, 3.63) is 123 Å². The molecule has 2 atom stereocenters. The van der Waals surface area contributed by atoms with Crippen molar-refractivity contribution in [3.8, 4) is 11.5 Å². The maximum absolute atomic E-state index is 13.4. The summed E-state index contributed by atoms with van der Waals surface area (Å²) in [5, 5.41) is 32.6. The number of aromatic carboxylic acids is 1. The number of fused-ring (bicyclic) bond motifs is 1. The zero-order valence-corrected chi connectivity index (χ0v) is 31.2. The summed E-state index contributed by atoms with van der Waals surface area (Å²) < 4.78 is 51.5.